The zero-order valence-electron chi connectivity index (χ0n) is 11.9. The zero-order chi connectivity index (χ0) is 15.0. The van der Waals surface area contributed by atoms with Crippen molar-refractivity contribution in [2.24, 2.45) is 5.92 Å². The van der Waals surface area contributed by atoms with Crippen LogP contribution in [0.25, 0.3) is 0 Å². The van der Waals surface area contributed by atoms with Gasteiger partial charge in [0.1, 0.15) is 0 Å². The van der Waals surface area contributed by atoms with Crippen LogP contribution in [0.2, 0.25) is 0 Å². The van der Waals surface area contributed by atoms with Gasteiger partial charge in [-0.15, -0.1) is 0 Å². The number of carboxylic acids is 1. The Morgan fingerprint density at radius 2 is 2.20 bits per heavy atom. The van der Waals surface area contributed by atoms with E-state index in [-0.39, 0.29) is 6.03 Å². The molecular weight excluding hydrogens is 258 g/mol. The molecular formula is C14H21N3O3. The topological polar surface area (TPSA) is 82.5 Å². The summed E-state index contributed by atoms with van der Waals surface area (Å²) in [5.74, 6) is -1.29. The largest absolute Gasteiger partial charge is 0.481 e. The van der Waals surface area contributed by atoms with Crippen LogP contribution < -0.4 is 5.32 Å². The van der Waals surface area contributed by atoms with Crippen LogP contribution >= 0.6 is 0 Å². The van der Waals surface area contributed by atoms with Gasteiger partial charge in [0.2, 0.25) is 0 Å². The minimum Gasteiger partial charge on any atom is -0.481 e. The first-order valence-electron chi connectivity index (χ1n) is 6.62. The van der Waals surface area contributed by atoms with E-state index in [0.29, 0.717) is 25.9 Å². The number of carboxylic acid groups (broad SMARTS) is 1. The van der Waals surface area contributed by atoms with Crippen molar-refractivity contribution in [1.82, 2.24) is 15.2 Å². The highest BCUT2D eigenvalue weighted by Crippen LogP contribution is 2.00. The standard InChI is InChI=1S/C14H21N3O3/c1-11(13(18)19)6-9-16-14(20)17(2)10-7-12-5-3-4-8-15-12/h3-5,8,11H,6-7,9-10H2,1-2H3,(H,16,20)(H,18,19). The number of nitrogens with zero attached hydrogens (tertiary/aromatic N) is 2. The number of aliphatic carboxylic acids is 1. The molecule has 0 radical (unpaired) electrons. The predicted molar refractivity (Wildman–Crippen MR) is 75.4 cm³/mol. The van der Waals surface area contributed by atoms with Crippen LogP contribution in [0.15, 0.2) is 24.4 Å². The summed E-state index contributed by atoms with van der Waals surface area (Å²) in [7, 11) is 1.71. The molecule has 6 heteroatoms. The Labute approximate surface area is 118 Å². The van der Waals surface area contributed by atoms with Gasteiger partial charge in [-0.1, -0.05) is 13.0 Å². The summed E-state index contributed by atoms with van der Waals surface area (Å²) in [4.78, 5) is 28.2. The van der Waals surface area contributed by atoms with E-state index in [1.807, 2.05) is 18.2 Å². The molecule has 0 aliphatic carbocycles. The highest BCUT2D eigenvalue weighted by molar-refractivity contribution is 5.74. The second kappa shape index (κ2) is 8.14. The first kappa shape index (κ1) is 15.9. The van der Waals surface area contributed by atoms with Gasteiger partial charge in [0, 0.05) is 38.4 Å². The predicted octanol–water partition coefficient (Wildman–Crippen LogP) is 1.38. The van der Waals surface area contributed by atoms with Crippen LogP contribution in [-0.4, -0.2) is 47.1 Å². The number of hydrogen-bond donors (Lipinski definition) is 2. The molecule has 0 saturated carbocycles. The van der Waals surface area contributed by atoms with Gasteiger partial charge in [-0.05, 0) is 18.6 Å². The Balaban J connectivity index is 2.24. The van der Waals surface area contributed by atoms with Crippen molar-refractivity contribution >= 4 is 12.0 Å². The monoisotopic (exact) mass is 279 g/mol. The van der Waals surface area contributed by atoms with Crippen molar-refractivity contribution in [1.29, 1.82) is 0 Å². The van der Waals surface area contributed by atoms with E-state index in [1.165, 1.54) is 0 Å². The molecule has 0 saturated heterocycles. The first-order valence-corrected chi connectivity index (χ1v) is 6.62. The van der Waals surface area contributed by atoms with Gasteiger partial charge in [0.05, 0.1) is 5.92 Å². The third-order valence-corrected chi connectivity index (χ3v) is 3.05. The molecule has 1 atom stereocenters. The third kappa shape index (κ3) is 5.69. The van der Waals surface area contributed by atoms with Crippen LogP contribution in [0.4, 0.5) is 4.79 Å². The van der Waals surface area contributed by atoms with Crippen molar-refractivity contribution in [2.45, 2.75) is 19.8 Å². The van der Waals surface area contributed by atoms with Gasteiger partial charge in [-0.3, -0.25) is 9.78 Å². The summed E-state index contributed by atoms with van der Waals surface area (Å²) in [6.07, 6.45) is 2.84. The lowest BCUT2D eigenvalue weighted by molar-refractivity contribution is -0.141. The fourth-order valence-corrected chi connectivity index (χ4v) is 1.58. The molecule has 0 fully saturated rings. The number of carbonyl (C=O) groups is 2. The lowest BCUT2D eigenvalue weighted by Crippen LogP contribution is -2.39. The number of likely N-dealkylation sites (N-methyl/N-ethyl adjacent to an activating group) is 1. The molecule has 1 heterocycles. The third-order valence-electron chi connectivity index (χ3n) is 3.05. The minimum absolute atomic E-state index is 0.196. The first-order chi connectivity index (χ1) is 9.50. The summed E-state index contributed by atoms with van der Waals surface area (Å²) in [5, 5.41) is 11.4. The van der Waals surface area contributed by atoms with Gasteiger partial charge >= 0.3 is 12.0 Å². The number of nitrogens with one attached hydrogen (secondary N) is 1. The molecule has 20 heavy (non-hydrogen) atoms. The second-order valence-electron chi connectivity index (χ2n) is 4.75. The van der Waals surface area contributed by atoms with Crippen molar-refractivity contribution < 1.29 is 14.7 Å². The lowest BCUT2D eigenvalue weighted by Gasteiger charge is -2.18. The maximum Gasteiger partial charge on any atom is 0.317 e. The minimum atomic E-state index is -0.845. The van der Waals surface area contributed by atoms with Gasteiger partial charge in [-0.2, -0.15) is 0 Å². The lowest BCUT2D eigenvalue weighted by atomic mass is 10.1. The summed E-state index contributed by atoms with van der Waals surface area (Å²) in [5.41, 5.74) is 0.937. The van der Waals surface area contributed by atoms with E-state index < -0.39 is 11.9 Å². The molecule has 2 amide bonds. The summed E-state index contributed by atoms with van der Waals surface area (Å²) in [6, 6.07) is 5.48. The molecule has 0 aliphatic heterocycles. The maximum atomic E-state index is 11.8. The highest BCUT2D eigenvalue weighted by Gasteiger charge is 2.12. The molecule has 1 aromatic rings. The molecule has 1 unspecified atom stereocenters. The fourth-order valence-electron chi connectivity index (χ4n) is 1.58. The van der Waals surface area contributed by atoms with Crippen LogP contribution in [0, 0.1) is 5.92 Å². The maximum absolute atomic E-state index is 11.8. The van der Waals surface area contributed by atoms with E-state index in [4.69, 9.17) is 5.11 Å². The quantitative estimate of drug-likeness (QED) is 0.790. The van der Waals surface area contributed by atoms with Crippen LogP contribution in [-0.2, 0) is 11.2 Å². The van der Waals surface area contributed by atoms with Crippen molar-refractivity contribution in [3.05, 3.63) is 30.1 Å². The molecule has 0 bridgehead atoms. The molecule has 1 rings (SSSR count). The summed E-state index contributed by atoms with van der Waals surface area (Å²) >= 11 is 0. The van der Waals surface area contributed by atoms with Crippen LogP contribution in [0.5, 0.6) is 0 Å². The summed E-state index contributed by atoms with van der Waals surface area (Å²) in [6.45, 7) is 2.55. The fraction of sp³-hybridized carbons (Fsp3) is 0.500. The average molecular weight is 279 g/mol. The van der Waals surface area contributed by atoms with E-state index in [9.17, 15) is 9.59 Å². The number of pyridine rings is 1. The smallest absolute Gasteiger partial charge is 0.317 e. The van der Waals surface area contributed by atoms with E-state index >= 15 is 0 Å². The molecule has 0 aliphatic rings. The average Bonchev–Trinajstić information content (AvgIpc) is 2.45. The molecule has 0 aromatic carbocycles. The van der Waals surface area contributed by atoms with Gasteiger partial charge < -0.3 is 15.3 Å². The van der Waals surface area contributed by atoms with Gasteiger partial charge in [-0.25, -0.2) is 4.79 Å². The number of hydrogen-bond acceptors (Lipinski definition) is 3. The Bertz CT molecular complexity index is 437. The summed E-state index contributed by atoms with van der Waals surface area (Å²) < 4.78 is 0. The Kier molecular flexibility index (Phi) is 6.49. The number of aromatic nitrogens is 1. The van der Waals surface area contributed by atoms with Crippen molar-refractivity contribution in [2.75, 3.05) is 20.1 Å². The van der Waals surface area contributed by atoms with Crippen molar-refractivity contribution in [3.63, 3.8) is 0 Å². The molecule has 0 spiro atoms. The Morgan fingerprint density at radius 3 is 2.80 bits per heavy atom. The number of carbonyl (C=O) groups excluding carboxylic acids is 1. The van der Waals surface area contributed by atoms with Crippen LogP contribution in [0.1, 0.15) is 19.0 Å². The molecule has 1 aromatic heterocycles. The number of amides is 2. The van der Waals surface area contributed by atoms with Crippen molar-refractivity contribution in [3.8, 4) is 0 Å². The molecule has 6 nitrogen and oxygen atoms in total. The Morgan fingerprint density at radius 1 is 1.45 bits per heavy atom. The van der Waals surface area contributed by atoms with E-state index in [2.05, 4.69) is 10.3 Å². The molecule has 110 valence electrons. The van der Waals surface area contributed by atoms with E-state index in [1.54, 1.807) is 25.1 Å². The van der Waals surface area contributed by atoms with E-state index in [0.717, 1.165) is 5.69 Å². The van der Waals surface area contributed by atoms with Gasteiger partial charge in [0.25, 0.3) is 0 Å². The Hall–Kier alpha value is -2.11. The second-order valence-corrected chi connectivity index (χ2v) is 4.75. The number of rotatable bonds is 7. The SMILES string of the molecule is CC(CCNC(=O)N(C)CCc1ccccn1)C(=O)O. The molecule has 2 N–H and O–H groups in total. The zero-order valence-corrected chi connectivity index (χ0v) is 11.9. The number of urea groups is 1. The highest BCUT2D eigenvalue weighted by atomic mass is 16.4. The van der Waals surface area contributed by atoms with Crippen LogP contribution in [0.3, 0.4) is 0 Å². The normalized spacial score (nSPS) is 11.7. The van der Waals surface area contributed by atoms with Gasteiger partial charge in [0.15, 0.2) is 0 Å².